The molecule has 1 saturated carbocycles. The zero-order chi connectivity index (χ0) is 16.2. The Balaban J connectivity index is 0.00000208. The van der Waals surface area contributed by atoms with Crippen molar-refractivity contribution in [3.05, 3.63) is 35.9 Å². The van der Waals surface area contributed by atoms with Crippen LogP contribution in [0.5, 0.6) is 0 Å². The van der Waals surface area contributed by atoms with E-state index in [1.165, 1.54) is 18.4 Å². The Labute approximate surface area is 151 Å². The number of hydrogen-bond donors (Lipinski definition) is 2. The third-order valence-electron chi connectivity index (χ3n) is 5.62. The van der Waals surface area contributed by atoms with Gasteiger partial charge in [0.05, 0.1) is 0 Å². The van der Waals surface area contributed by atoms with Gasteiger partial charge in [-0.3, -0.25) is 9.69 Å². The van der Waals surface area contributed by atoms with E-state index in [1.54, 1.807) is 0 Å². The summed E-state index contributed by atoms with van der Waals surface area (Å²) >= 11 is 0. The van der Waals surface area contributed by atoms with Crippen molar-refractivity contribution in [1.82, 2.24) is 10.2 Å². The predicted molar refractivity (Wildman–Crippen MR) is 100 cm³/mol. The smallest absolute Gasteiger partial charge is 0.221 e. The van der Waals surface area contributed by atoms with Crippen LogP contribution in [-0.2, 0) is 11.2 Å². The predicted octanol–water partition coefficient (Wildman–Crippen LogP) is 2.21. The fraction of sp³-hybridized carbons (Fsp3) is 0.632. The van der Waals surface area contributed by atoms with Crippen molar-refractivity contribution in [2.45, 2.75) is 44.7 Å². The zero-order valence-electron chi connectivity index (χ0n) is 14.5. The molecule has 24 heavy (non-hydrogen) atoms. The Hall–Kier alpha value is -1.10. The summed E-state index contributed by atoms with van der Waals surface area (Å²) in [7, 11) is 0. The maximum absolute atomic E-state index is 12.1. The number of nitrogens with two attached hydrogens (primary N) is 1. The van der Waals surface area contributed by atoms with E-state index in [1.807, 2.05) is 18.2 Å². The van der Waals surface area contributed by atoms with Crippen LogP contribution in [0.25, 0.3) is 0 Å². The standard InChI is InChI=1S/C19H29N3O.ClH/c1-14(22-12-16-7-8-18(20)17(16)13-22)11-19(23)21-10-9-15-5-3-2-4-6-15;/h2-6,14,16-18H,7-13,20H2,1H3,(H,21,23);1H. The van der Waals surface area contributed by atoms with E-state index in [2.05, 4.69) is 29.3 Å². The number of rotatable bonds is 6. The first-order chi connectivity index (χ1) is 11.1. The number of carbonyl (C=O) groups excluding carboxylic acids is 1. The van der Waals surface area contributed by atoms with Crippen LogP contribution in [-0.4, -0.2) is 42.5 Å². The quantitative estimate of drug-likeness (QED) is 0.826. The molecule has 0 bridgehead atoms. The first-order valence-corrected chi connectivity index (χ1v) is 8.93. The summed E-state index contributed by atoms with van der Waals surface area (Å²) in [5, 5.41) is 3.05. The van der Waals surface area contributed by atoms with Gasteiger partial charge in [-0.1, -0.05) is 30.3 Å². The summed E-state index contributed by atoms with van der Waals surface area (Å²) in [5.74, 6) is 1.57. The summed E-state index contributed by atoms with van der Waals surface area (Å²) in [6.45, 7) is 5.08. The lowest BCUT2D eigenvalue weighted by molar-refractivity contribution is -0.122. The molecule has 1 aliphatic carbocycles. The van der Waals surface area contributed by atoms with E-state index in [4.69, 9.17) is 5.73 Å². The van der Waals surface area contributed by atoms with Gasteiger partial charge in [-0.05, 0) is 43.6 Å². The van der Waals surface area contributed by atoms with Gasteiger partial charge >= 0.3 is 0 Å². The van der Waals surface area contributed by atoms with Crippen LogP contribution in [0.4, 0.5) is 0 Å². The summed E-state index contributed by atoms with van der Waals surface area (Å²) in [6, 6.07) is 11.0. The van der Waals surface area contributed by atoms with Gasteiger partial charge in [0.2, 0.25) is 5.91 Å². The Morgan fingerprint density at radius 3 is 2.75 bits per heavy atom. The van der Waals surface area contributed by atoms with Crippen LogP contribution in [0.3, 0.4) is 0 Å². The topological polar surface area (TPSA) is 58.4 Å². The monoisotopic (exact) mass is 351 g/mol. The molecule has 2 fully saturated rings. The first-order valence-electron chi connectivity index (χ1n) is 8.93. The second-order valence-electron chi connectivity index (χ2n) is 7.26. The average molecular weight is 352 g/mol. The van der Waals surface area contributed by atoms with Crippen LogP contribution in [0, 0.1) is 11.8 Å². The highest BCUT2D eigenvalue weighted by atomic mass is 35.5. The van der Waals surface area contributed by atoms with Crippen molar-refractivity contribution in [2.75, 3.05) is 19.6 Å². The van der Waals surface area contributed by atoms with E-state index in [-0.39, 0.29) is 18.3 Å². The first kappa shape index (κ1) is 19.2. The minimum atomic E-state index is 0. The third kappa shape index (κ3) is 4.71. The number of halogens is 1. The van der Waals surface area contributed by atoms with Crippen LogP contribution in [0.2, 0.25) is 0 Å². The van der Waals surface area contributed by atoms with Gasteiger partial charge in [0.25, 0.3) is 0 Å². The number of nitrogens with one attached hydrogen (secondary N) is 1. The van der Waals surface area contributed by atoms with Crippen molar-refractivity contribution in [2.24, 2.45) is 17.6 Å². The van der Waals surface area contributed by atoms with Crippen LogP contribution in [0.15, 0.2) is 30.3 Å². The van der Waals surface area contributed by atoms with Crippen LogP contribution >= 0.6 is 12.4 Å². The van der Waals surface area contributed by atoms with Gasteiger partial charge in [0.1, 0.15) is 0 Å². The fourth-order valence-electron chi connectivity index (χ4n) is 4.16. The minimum absolute atomic E-state index is 0. The maximum Gasteiger partial charge on any atom is 0.221 e. The molecule has 3 N–H and O–H groups in total. The van der Waals surface area contributed by atoms with E-state index in [9.17, 15) is 4.79 Å². The molecule has 1 aromatic carbocycles. The van der Waals surface area contributed by atoms with Crippen LogP contribution < -0.4 is 11.1 Å². The molecular formula is C19H30ClN3O. The normalized spacial score (nSPS) is 27.3. The number of hydrogen-bond acceptors (Lipinski definition) is 3. The lowest BCUT2D eigenvalue weighted by Gasteiger charge is -2.25. The highest BCUT2D eigenvalue weighted by Crippen LogP contribution is 2.38. The molecule has 1 saturated heterocycles. The Morgan fingerprint density at radius 1 is 1.29 bits per heavy atom. The van der Waals surface area contributed by atoms with Crippen molar-refractivity contribution in [3.63, 3.8) is 0 Å². The zero-order valence-corrected chi connectivity index (χ0v) is 15.3. The van der Waals surface area contributed by atoms with Gasteiger partial charge in [0, 0.05) is 38.1 Å². The molecule has 1 aromatic rings. The number of likely N-dealkylation sites (tertiary alicyclic amines) is 1. The number of carbonyl (C=O) groups is 1. The number of amides is 1. The van der Waals surface area contributed by atoms with Crippen molar-refractivity contribution < 1.29 is 4.79 Å². The fourth-order valence-corrected chi connectivity index (χ4v) is 4.16. The van der Waals surface area contributed by atoms with E-state index in [0.29, 0.717) is 31.0 Å². The lowest BCUT2D eigenvalue weighted by atomic mass is 9.98. The van der Waals surface area contributed by atoms with E-state index >= 15 is 0 Å². The molecule has 5 heteroatoms. The van der Waals surface area contributed by atoms with Gasteiger partial charge in [0.15, 0.2) is 0 Å². The highest BCUT2D eigenvalue weighted by molar-refractivity contribution is 5.85. The summed E-state index contributed by atoms with van der Waals surface area (Å²) in [5.41, 5.74) is 7.46. The number of fused-ring (bicyclic) bond motifs is 1. The second kappa shape index (κ2) is 8.84. The molecule has 4 nitrogen and oxygen atoms in total. The largest absolute Gasteiger partial charge is 0.356 e. The van der Waals surface area contributed by atoms with Gasteiger partial charge in [-0.15, -0.1) is 12.4 Å². The Kier molecular flexibility index (Phi) is 7.08. The molecular weight excluding hydrogens is 322 g/mol. The van der Waals surface area contributed by atoms with Gasteiger partial charge in [-0.2, -0.15) is 0 Å². The van der Waals surface area contributed by atoms with Crippen molar-refractivity contribution in [3.8, 4) is 0 Å². The summed E-state index contributed by atoms with van der Waals surface area (Å²) in [4.78, 5) is 14.6. The molecule has 0 spiro atoms. The molecule has 134 valence electrons. The summed E-state index contributed by atoms with van der Waals surface area (Å²) in [6.07, 6.45) is 3.92. The van der Waals surface area contributed by atoms with Crippen molar-refractivity contribution >= 4 is 18.3 Å². The van der Waals surface area contributed by atoms with Crippen LogP contribution in [0.1, 0.15) is 31.7 Å². The average Bonchev–Trinajstić information content (AvgIpc) is 3.11. The maximum atomic E-state index is 12.1. The van der Waals surface area contributed by atoms with Gasteiger partial charge in [-0.25, -0.2) is 0 Å². The molecule has 4 unspecified atom stereocenters. The molecule has 0 aromatic heterocycles. The van der Waals surface area contributed by atoms with Gasteiger partial charge < -0.3 is 11.1 Å². The van der Waals surface area contributed by atoms with E-state index < -0.39 is 0 Å². The van der Waals surface area contributed by atoms with E-state index in [0.717, 1.165) is 25.4 Å². The number of nitrogens with zero attached hydrogens (tertiary/aromatic N) is 1. The molecule has 1 heterocycles. The highest BCUT2D eigenvalue weighted by Gasteiger charge is 2.42. The molecule has 1 aliphatic heterocycles. The number of benzene rings is 1. The SMILES string of the molecule is CC(CC(=O)NCCc1ccccc1)N1CC2CCC(N)C2C1.Cl. The molecule has 1 amide bonds. The lowest BCUT2D eigenvalue weighted by Crippen LogP contribution is -2.38. The Bertz CT molecular complexity index is 525. The molecule has 4 atom stereocenters. The molecule has 3 rings (SSSR count). The summed E-state index contributed by atoms with van der Waals surface area (Å²) < 4.78 is 0. The minimum Gasteiger partial charge on any atom is -0.356 e. The Morgan fingerprint density at radius 2 is 2.04 bits per heavy atom. The second-order valence-corrected chi connectivity index (χ2v) is 7.26. The third-order valence-corrected chi connectivity index (χ3v) is 5.62. The van der Waals surface area contributed by atoms with Crippen molar-refractivity contribution in [1.29, 1.82) is 0 Å². The molecule has 0 radical (unpaired) electrons. The molecule has 2 aliphatic rings.